The second kappa shape index (κ2) is 11.5. The van der Waals surface area contributed by atoms with Gasteiger partial charge in [0.2, 0.25) is 11.8 Å². The Morgan fingerprint density at radius 3 is 2.48 bits per heavy atom. The van der Waals surface area contributed by atoms with Crippen molar-refractivity contribution in [3.63, 3.8) is 0 Å². The van der Waals surface area contributed by atoms with Crippen LogP contribution in [0.25, 0.3) is 0 Å². The Kier molecular flexibility index (Phi) is 8.44. The molecule has 2 aromatic carbocycles. The van der Waals surface area contributed by atoms with Crippen LogP contribution in [0, 0.1) is 5.82 Å². The smallest absolute Gasteiger partial charge is 0.242 e. The van der Waals surface area contributed by atoms with Crippen LogP contribution in [0.5, 0.6) is 5.75 Å². The van der Waals surface area contributed by atoms with Crippen LogP contribution in [0.4, 0.5) is 4.39 Å². The zero-order chi connectivity index (χ0) is 22.1. The summed E-state index contributed by atoms with van der Waals surface area (Å²) in [7, 11) is 0. The van der Waals surface area contributed by atoms with E-state index in [1.807, 2.05) is 30.3 Å². The van der Waals surface area contributed by atoms with E-state index in [-0.39, 0.29) is 36.6 Å². The van der Waals surface area contributed by atoms with E-state index in [9.17, 15) is 14.0 Å². The van der Waals surface area contributed by atoms with E-state index in [1.54, 1.807) is 25.1 Å². The minimum atomic E-state index is -0.678. The van der Waals surface area contributed by atoms with E-state index in [0.29, 0.717) is 18.6 Å². The van der Waals surface area contributed by atoms with Crippen molar-refractivity contribution in [1.29, 1.82) is 0 Å². The number of para-hydroxylation sites is 1. The molecule has 0 aliphatic heterocycles. The molecule has 0 aromatic heterocycles. The van der Waals surface area contributed by atoms with Gasteiger partial charge >= 0.3 is 0 Å². The third kappa shape index (κ3) is 6.81. The van der Waals surface area contributed by atoms with Gasteiger partial charge in [0, 0.05) is 24.6 Å². The van der Waals surface area contributed by atoms with E-state index in [4.69, 9.17) is 4.74 Å². The molecule has 0 spiro atoms. The minimum absolute atomic E-state index is 0.0598. The van der Waals surface area contributed by atoms with Crippen molar-refractivity contribution in [3.8, 4) is 5.75 Å². The predicted molar refractivity (Wildman–Crippen MR) is 118 cm³/mol. The summed E-state index contributed by atoms with van der Waals surface area (Å²) in [6, 6.07) is 15.3. The molecule has 2 amide bonds. The first kappa shape index (κ1) is 22.8. The quantitative estimate of drug-likeness (QED) is 0.571. The van der Waals surface area contributed by atoms with Crippen molar-refractivity contribution in [2.75, 3.05) is 6.61 Å². The fourth-order valence-corrected chi connectivity index (χ4v) is 3.86. The maximum Gasteiger partial charge on any atom is 0.242 e. The molecule has 5 nitrogen and oxygen atoms in total. The molecule has 2 aromatic rings. The van der Waals surface area contributed by atoms with Gasteiger partial charge in [-0.15, -0.1) is 0 Å². The minimum Gasteiger partial charge on any atom is -0.494 e. The molecule has 1 atom stereocenters. The van der Waals surface area contributed by atoms with Crippen LogP contribution in [0.3, 0.4) is 0 Å². The van der Waals surface area contributed by atoms with Gasteiger partial charge in [-0.2, -0.15) is 0 Å². The lowest BCUT2D eigenvalue weighted by atomic mass is 10.1. The molecule has 1 aliphatic rings. The van der Waals surface area contributed by atoms with Crippen LogP contribution in [0.15, 0.2) is 54.6 Å². The van der Waals surface area contributed by atoms with Crippen LogP contribution >= 0.6 is 0 Å². The Hall–Kier alpha value is -2.89. The molecule has 1 aliphatic carbocycles. The third-order valence-corrected chi connectivity index (χ3v) is 5.71. The molecule has 1 fully saturated rings. The molecule has 0 heterocycles. The lowest BCUT2D eigenvalue weighted by Gasteiger charge is -2.30. The number of nitrogens with zero attached hydrogens (tertiary/aromatic N) is 1. The molecule has 3 rings (SSSR count). The molecule has 0 unspecified atom stereocenters. The Morgan fingerprint density at radius 1 is 1.10 bits per heavy atom. The standard InChI is InChI=1S/C25H31FN2O3/c1-19(25(30)27-21-11-6-7-12-21)28(18-20-10-5-8-15-23(20)26)24(29)16-9-17-31-22-13-3-2-4-14-22/h2-5,8,10,13-15,19,21H,6-7,9,11-12,16-18H2,1H3,(H,27,30)/t19-/m0/s1. The second-order valence-electron chi connectivity index (χ2n) is 8.04. The number of nitrogens with one attached hydrogen (secondary N) is 1. The third-order valence-electron chi connectivity index (χ3n) is 5.71. The summed E-state index contributed by atoms with van der Waals surface area (Å²) in [6.07, 6.45) is 4.89. The highest BCUT2D eigenvalue weighted by Gasteiger charge is 2.28. The van der Waals surface area contributed by atoms with Crippen molar-refractivity contribution in [3.05, 3.63) is 66.0 Å². The van der Waals surface area contributed by atoms with Gasteiger partial charge in [0.25, 0.3) is 0 Å². The number of benzene rings is 2. The van der Waals surface area contributed by atoms with Gasteiger partial charge in [-0.05, 0) is 44.4 Å². The number of halogens is 1. The van der Waals surface area contributed by atoms with E-state index < -0.39 is 6.04 Å². The van der Waals surface area contributed by atoms with Crippen LogP contribution < -0.4 is 10.1 Å². The normalized spacial score (nSPS) is 14.8. The van der Waals surface area contributed by atoms with Gasteiger partial charge in [-0.25, -0.2) is 4.39 Å². The summed E-state index contributed by atoms with van der Waals surface area (Å²) in [5.74, 6) is 0.00435. The van der Waals surface area contributed by atoms with Crippen molar-refractivity contribution in [2.45, 2.75) is 64.1 Å². The zero-order valence-electron chi connectivity index (χ0n) is 18.1. The first-order chi connectivity index (χ1) is 15.0. The first-order valence-electron chi connectivity index (χ1n) is 11.1. The van der Waals surface area contributed by atoms with E-state index in [2.05, 4.69) is 5.32 Å². The van der Waals surface area contributed by atoms with Crippen molar-refractivity contribution in [2.24, 2.45) is 0 Å². The molecule has 1 N–H and O–H groups in total. The average molecular weight is 427 g/mol. The number of hydrogen-bond acceptors (Lipinski definition) is 3. The highest BCUT2D eigenvalue weighted by Crippen LogP contribution is 2.19. The lowest BCUT2D eigenvalue weighted by Crippen LogP contribution is -2.49. The maximum absolute atomic E-state index is 14.2. The first-order valence-corrected chi connectivity index (χ1v) is 11.1. The Morgan fingerprint density at radius 2 is 1.77 bits per heavy atom. The number of carbonyl (C=O) groups is 2. The Balaban J connectivity index is 1.61. The topological polar surface area (TPSA) is 58.6 Å². The molecule has 0 radical (unpaired) electrons. The van der Waals surface area contributed by atoms with Gasteiger partial charge in [0.15, 0.2) is 0 Å². The number of amides is 2. The molecule has 6 heteroatoms. The summed E-state index contributed by atoms with van der Waals surface area (Å²) in [5.41, 5.74) is 0.400. The fourth-order valence-electron chi connectivity index (χ4n) is 3.86. The van der Waals surface area contributed by atoms with Gasteiger partial charge < -0.3 is 15.0 Å². The van der Waals surface area contributed by atoms with Crippen LogP contribution in [0.1, 0.15) is 51.0 Å². The lowest BCUT2D eigenvalue weighted by molar-refractivity contribution is -0.141. The molecule has 166 valence electrons. The summed E-state index contributed by atoms with van der Waals surface area (Å²) in [5, 5.41) is 3.05. The monoisotopic (exact) mass is 426 g/mol. The number of ether oxygens (including phenoxy) is 1. The van der Waals surface area contributed by atoms with E-state index >= 15 is 0 Å². The number of hydrogen-bond donors (Lipinski definition) is 1. The van der Waals surface area contributed by atoms with Crippen molar-refractivity contribution >= 4 is 11.8 Å². The molecule has 1 saturated carbocycles. The average Bonchev–Trinajstić information content (AvgIpc) is 3.29. The molecule has 0 bridgehead atoms. The Bertz CT molecular complexity index is 853. The second-order valence-corrected chi connectivity index (χ2v) is 8.04. The predicted octanol–water partition coefficient (Wildman–Crippen LogP) is 4.46. The largest absolute Gasteiger partial charge is 0.494 e. The van der Waals surface area contributed by atoms with Gasteiger partial charge in [-0.1, -0.05) is 49.2 Å². The molecule has 31 heavy (non-hydrogen) atoms. The highest BCUT2D eigenvalue weighted by atomic mass is 19.1. The summed E-state index contributed by atoms with van der Waals surface area (Å²) in [4.78, 5) is 27.3. The SMILES string of the molecule is C[C@@H](C(=O)NC1CCCC1)N(Cc1ccccc1F)C(=O)CCCOc1ccccc1. The molecule has 0 saturated heterocycles. The highest BCUT2D eigenvalue weighted by molar-refractivity contribution is 5.87. The summed E-state index contributed by atoms with van der Waals surface area (Å²) in [6.45, 7) is 2.17. The fraction of sp³-hybridized carbons (Fsp3) is 0.440. The molecular formula is C25H31FN2O3. The summed E-state index contributed by atoms with van der Waals surface area (Å²) < 4.78 is 19.9. The van der Waals surface area contributed by atoms with Crippen molar-refractivity contribution < 1.29 is 18.7 Å². The zero-order valence-corrected chi connectivity index (χ0v) is 18.1. The van der Waals surface area contributed by atoms with Crippen LogP contribution in [0.2, 0.25) is 0 Å². The van der Waals surface area contributed by atoms with Gasteiger partial charge in [-0.3, -0.25) is 9.59 Å². The van der Waals surface area contributed by atoms with Crippen LogP contribution in [-0.4, -0.2) is 35.4 Å². The molecular weight excluding hydrogens is 395 g/mol. The van der Waals surface area contributed by atoms with Gasteiger partial charge in [0.05, 0.1) is 6.61 Å². The maximum atomic E-state index is 14.2. The van der Waals surface area contributed by atoms with Gasteiger partial charge in [0.1, 0.15) is 17.6 Å². The van der Waals surface area contributed by atoms with E-state index in [0.717, 1.165) is 31.4 Å². The Labute approximate surface area is 183 Å². The number of rotatable bonds is 10. The number of carbonyl (C=O) groups excluding carboxylic acids is 2. The van der Waals surface area contributed by atoms with Crippen LogP contribution in [-0.2, 0) is 16.1 Å². The van der Waals surface area contributed by atoms with E-state index in [1.165, 1.54) is 11.0 Å². The summed E-state index contributed by atoms with van der Waals surface area (Å²) >= 11 is 0. The van der Waals surface area contributed by atoms with Crippen molar-refractivity contribution in [1.82, 2.24) is 10.2 Å².